The smallest absolute Gasteiger partial charge is 0.326 e. The first kappa shape index (κ1) is 24.2. The molecule has 4 rings (SSSR count). The van der Waals surface area contributed by atoms with Crippen molar-refractivity contribution in [3.8, 4) is 0 Å². The molecule has 0 saturated carbocycles. The van der Waals surface area contributed by atoms with Crippen LogP contribution in [0.1, 0.15) is 38.3 Å². The standard InChI is InChI=1S/C24H21Cl2FN2O5/c1-23(2,3)34-20(31)12-28-18-7-5-15(26)9-16(18)24(21(28)32)10-19(30)29(22(24)33)11-13-8-14(25)4-6-17(13)27/h4-9H,10-12H2,1-3H3. The normalized spacial score (nSPS) is 19.9. The van der Waals surface area contributed by atoms with Gasteiger partial charge in [0.05, 0.1) is 13.0 Å². The molecule has 1 saturated heterocycles. The number of carbonyl (C=O) groups excluding carboxylic acids is 4. The van der Waals surface area contributed by atoms with E-state index in [1.54, 1.807) is 20.8 Å². The number of fused-ring (bicyclic) bond motifs is 2. The molecule has 1 spiro atoms. The third-order valence-corrected chi connectivity index (χ3v) is 6.16. The lowest BCUT2D eigenvalue weighted by Gasteiger charge is -2.24. The lowest BCUT2D eigenvalue weighted by atomic mass is 9.80. The minimum atomic E-state index is -1.89. The summed E-state index contributed by atoms with van der Waals surface area (Å²) in [7, 11) is 0. The molecule has 2 aromatic rings. The monoisotopic (exact) mass is 506 g/mol. The summed E-state index contributed by atoms with van der Waals surface area (Å²) >= 11 is 12.1. The van der Waals surface area contributed by atoms with Gasteiger partial charge in [-0.3, -0.25) is 29.0 Å². The highest BCUT2D eigenvalue weighted by atomic mass is 35.5. The average molecular weight is 507 g/mol. The van der Waals surface area contributed by atoms with Gasteiger partial charge in [0.25, 0.3) is 0 Å². The Bertz CT molecular complexity index is 1240. The molecule has 1 unspecified atom stereocenters. The van der Waals surface area contributed by atoms with Crippen molar-refractivity contribution in [2.45, 2.75) is 44.8 Å². The van der Waals surface area contributed by atoms with Crippen molar-refractivity contribution >= 4 is 52.6 Å². The fourth-order valence-corrected chi connectivity index (χ4v) is 4.68. The van der Waals surface area contributed by atoms with E-state index in [4.69, 9.17) is 27.9 Å². The quantitative estimate of drug-likeness (QED) is 0.355. The Morgan fingerprint density at radius 3 is 2.32 bits per heavy atom. The Balaban J connectivity index is 1.73. The van der Waals surface area contributed by atoms with Crippen LogP contribution in [0.5, 0.6) is 0 Å². The predicted octanol–water partition coefficient (Wildman–Crippen LogP) is 4.02. The highest BCUT2D eigenvalue weighted by Crippen LogP contribution is 2.49. The van der Waals surface area contributed by atoms with E-state index < -0.39 is 53.5 Å². The molecule has 0 N–H and O–H groups in total. The van der Waals surface area contributed by atoms with Crippen LogP contribution < -0.4 is 4.90 Å². The van der Waals surface area contributed by atoms with Crippen molar-refractivity contribution in [2.24, 2.45) is 0 Å². The number of imide groups is 1. The number of nitrogens with zero attached hydrogens (tertiary/aromatic N) is 2. The van der Waals surface area contributed by atoms with Gasteiger partial charge in [0, 0.05) is 26.9 Å². The second-order valence-corrected chi connectivity index (χ2v) is 10.1. The Morgan fingerprint density at radius 1 is 1.03 bits per heavy atom. The Morgan fingerprint density at radius 2 is 1.65 bits per heavy atom. The zero-order valence-corrected chi connectivity index (χ0v) is 20.2. The molecular weight excluding hydrogens is 486 g/mol. The third-order valence-electron chi connectivity index (χ3n) is 5.69. The number of carbonyl (C=O) groups is 4. The van der Waals surface area contributed by atoms with Crippen molar-refractivity contribution in [1.29, 1.82) is 0 Å². The van der Waals surface area contributed by atoms with E-state index in [2.05, 4.69) is 0 Å². The largest absolute Gasteiger partial charge is 0.459 e. The van der Waals surface area contributed by atoms with Gasteiger partial charge in [-0.2, -0.15) is 0 Å². The van der Waals surface area contributed by atoms with Gasteiger partial charge in [-0.1, -0.05) is 23.2 Å². The summed E-state index contributed by atoms with van der Waals surface area (Å²) in [6.07, 6.45) is -0.467. The summed E-state index contributed by atoms with van der Waals surface area (Å²) in [5, 5.41) is 0.493. The van der Waals surface area contributed by atoms with Crippen molar-refractivity contribution in [3.63, 3.8) is 0 Å². The molecule has 2 aliphatic rings. The number of hydrogen-bond donors (Lipinski definition) is 0. The van der Waals surface area contributed by atoms with Crippen LogP contribution in [0.15, 0.2) is 36.4 Å². The van der Waals surface area contributed by atoms with E-state index in [-0.39, 0.29) is 33.4 Å². The van der Waals surface area contributed by atoms with Crippen molar-refractivity contribution in [2.75, 3.05) is 11.4 Å². The van der Waals surface area contributed by atoms with Gasteiger partial charge in [-0.25, -0.2) is 4.39 Å². The van der Waals surface area contributed by atoms with Crippen molar-refractivity contribution in [1.82, 2.24) is 4.90 Å². The van der Waals surface area contributed by atoms with Gasteiger partial charge in [0.2, 0.25) is 17.7 Å². The summed E-state index contributed by atoms with van der Waals surface area (Å²) in [6, 6.07) is 8.29. The highest BCUT2D eigenvalue weighted by Gasteiger charge is 2.64. The van der Waals surface area contributed by atoms with Crippen molar-refractivity contribution in [3.05, 3.63) is 63.4 Å². The summed E-state index contributed by atoms with van der Waals surface area (Å²) in [5.41, 5.74) is -2.13. The maximum atomic E-state index is 14.3. The van der Waals surface area contributed by atoms with Gasteiger partial charge < -0.3 is 4.74 Å². The van der Waals surface area contributed by atoms with Crippen LogP contribution in [0.3, 0.4) is 0 Å². The minimum Gasteiger partial charge on any atom is -0.459 e. The van der Waals surface area contributed by atoms with Crippen LogP contribution in [-0.4, -0.2) is 40.7 Å². The second-order valence-electron chi connectivity index (χ2n) is 9.24. The van der Waals surface area contributed by atoms with Crippen molar-refractivity contribution < 1.29 is 28.3 Å². The SMILES string of the molecule is CC(C)(C)OC(=O)CN1C(=O)C2(CC(=O)N(Cc3cc(Cl)ccc3F)C2=O)c2cc(Cl)ccc21. The number of ether oxygens (including phenoxy) is 1. The number of anilines is 1. The first-order chi connectivity index (χ1) is 15.8. The first-order valence-corrected chi connectivity index (χ1v) is 11.2. The van der Waals surface area contributed by atoms with Crippen LogP contribution >= 0.6 is 23.2 Å². The Kier molecular flexibility index (Phi) is 5.94. The maximum absolute atomic E-state index is 14.3. The Hall–Kier alpha value is -2.97. The summed E-state index contributed by atoms with van der Waals surface area (Å²) in [4.78, 5) is 54.7. The number of likely N-dealkylation sites (tertiary alicyclic amines) is 1. The number of hydrogen-bond acceptors (Lipinski definition) is 5. The molecule has 10 heteroatoms. The summed E-state index contributed by atoms with van der Waals surface area (Å²) in [6.45, 7) is 4.24. The predicted molar refractivity (Wildman–Crippen MR) is 123 cm³/mol. The van der Waals surface area contributed by atoms with E-state index in [1.165, 1.54) is 30.3 Å². The topological polar surface area (TPSA) is 84.0 Å². The molecule has 2 aromatic carbocycles. The summed E-state index contributed by atoms with van der Waals surface area (Å²) < 4.78 is 19.6. The van der Waals surface area contributed by atoms with E-state index in [1.807, 2.05) is 0 Å². The van der Waals surface area contributed by atoms with Crippen LogP contribution in [0.4, 0.5) is 10.1 Å². The molecule has 7 nitrogen and oxygen atoms in total. The highest BCUT2D eigenvalue weighted by molar-refractivity contribution is 6.33. The lowest BCUT2D eigenvalue weighted by molar-refractivity contribution is -0.154. The molecule has 0 aromatic heterocycles. The molecule has 0 bridgehead atoms. The first-order valence-electron chi connectivity index (χ1n) is 10.5. The zero-order valence-electron chi connectivity index (χ0n) is 18.7. The third kappa shape index (κ3) is 4.05. The van der Waals surface area contributed by atoms with Crippen LogP contribution in [-0.2, 0) is 35.9 Å². The minimum absolute atomic E-state index is 0.0358. The maximum Gasteiger partial charge on any atom is 0.326 e. The molecule has 2 aliphatic heterocycles. The number of amides is 3. The van der Waals surface area contributed by atoms with Gasteiger partial charge in [-0.05, 0) is 57.2 Å². The average Bonchev–Trinajstić information content (AvgIpc) is 3.10. The van der Waals surface area contributed by atoms with Gasteiger partial charge >= 0.3 is 5.97 Å². The number of halogens is 3. The fraction of sp³-hybridized carbons (Fsp3) is 0.333. The van der Waals surface area contributed by atoms with Crippen LogP contribution in [0.2, 0.25) is 10.0 Å². The number of benzene rings is 2. The molecule has 1 fully saturated rings. The molecular formula is C24H21Cl2FN2O5. The molecule has 0 radical (unpaired) electrons. The molecule has 178 valence electrons. The van der Waals surface area contributed by atoms with Crippen LogP contribution in [0.25, 0.3) is 0 Å². The number of rotatable bonds is 4. The molecule has 34 heavy (non-hydrogen) atoms. The molecule has 0 aliphatic carbocycles. The van der Waals surface area contributed by atoms with E-state index in [9.17, 15) is 23.6 Å². The van der Waals surface area contributed by atoms with Gasteiger partial charge in [-0.15, -0.1) is 0 Å². The Labute approximate surface area is 205 Å². The summed E-state index contributed by atoms with van der Waals surface area (Å²) in [5.74, 6) is -3.50. The van der Waals surface area contributed by atoms with Gasteiger partial charge in [0.15, 0.2) is 5.41 Å². The fourth-order valence-electron chi connectivity index (χ4n) is 4.31. The molecule has 2 heterocycles. The van der Waals surface area contributed by atoms with E-state index >= 15 is 0 Å². The molecule has 1 atom stereocenters. The van der Waals surface area contributed by atoms with E-state index in [0.717, 1.165) is 15.9 Å². The zero-order chi connectivity index (χ0) is 25.0. The van der Waals surface area contributed by atoms with Crippen LogP contribution in [0, 0.1) is 5.82 Å². The van der Waals surface area contributed by atoms with E-state index in [0.29, 0.717) is 0 Å². The van der Waals surface area contributed by atoms with Gasteiger partial charge in [0.1, 0.15) is 18.0 Å². The number of esters is 1. The molecule has 3 amide bonds. The lowest BCUT2D eigenvalue weighted by Crippen LogP contribution is -2.48. The second kappa shape index (κ2) is 8.36.